The molecule has 2 aromatic carbocycles. The third-order valence-electron chi connectivity index (χ3n) is 4.88. The normalized spacial score (nSPS) is 11.9. The van der Waals surface area contributed by atoms with Crippen LogP contribution in [0.15, 0.2) is 48.5 Å². The fourth-order valence-corrected chi connectivity index (χ4v) is 4.45. The first-order valence-electron chi connectivity index (χ1n) is 10.2. The fourth-order valence-electron chi connectivity index (χ4n) is 3.00. The molecule has 186 valence electrons. The average molecular weight is 547 g/mol. The summed E-state index contributed by atoms with van der Waals surface area (Å²) in [5.41, 5.74) is -0.256. The molecule has 0 fully saturated rings. The fraction of sp³-hybridized carbons (Fsp3) is 0.250. The minimum atomic E-state index is -4.76. The summed E-state index contributed by atoms with van der Waals surface area (Å²) in [6.45, 7) is 2.76. The third kappa shape index (κ3) is 6.90. The molecule has 0 aliphatic carbocycles. The van der Waals surface area contributed by atoms with Crippen LogP contribution in [0.5, 0.6) is 11.5 Å². The van der Waals surface area contributed by atoms with E-state index in [1.165, 1.54) is 55.5 Å². The number of carbonyl (C=O) groups is 2. The quantitative estimate of drug-likeness (QED) is 0.278. The van der Waals surface area contributed by atoms with E-state index >= 15 is 0 Å². The molecule has 1 N–H and O–H groups in total. The first kappa shape index (κ1) is 26.8. The van der Waals surface area contributed by atoms with E-state index in [1.54, 1.807) is 18.2 Å². The number of ketones is 1. The number of aryl methyl sites for hydroxylation is 1. The highest BCUT2D eigenvalue weighted by Crippen LogP contribution is 2.37. The molecule has 5 nitrogen and oxygen atoms in total. The van der Waals surface area contributed by atoms with Crippen LogP contribution in [-0.2, 0) is 11.2 Å². The second kappa shape index (κ2) is 10.5. The predicted molar refractivity (Wildman–Crippen MR) is 128 cm³/mol. The van der Waals surface area contributed by atoms with E-state index < -0.39 is 17.9 Å². The van der Waals surface area contributed by atoms with Gasteiger partial charge in [0.05, 0.1) is 9.90 Å². The van der Waals surface area contributed by atoms with Crippen LogP contribution in [0.2, 0.25) is 10.0 Å². The first-order chi connectivity index (χ1) is 16.3. The van der Waals surface area contributed by atoms with E-state index in [1.807, 2.05) is 0 Å². The molecule has 0 saturated carbocycles. The summed E-state index contributed by atoms with van der Waals surface area (Å²) in [6.07, 6.45) is -4.34. The number of halogens is 5. The topological polar surface area (TPSA) is 72.8 Å². The number of alkyl halides is 3. The van der Waals surface area contributed by atoms with Crippen LogP contribution in [0.1, 0.15) is 35.5 Å². The molecular formula is C24H19Cl2F3O5S. The number of carboxylic acid groups (broad SMARTS) is 1. The maximum Gasteiger partial charge on any atom is 0.573 e. The Morgan fingerprint density at radius 1 is 0.943 bits per heavy atom. The molecule has 0 aliphatic heterocycles. The largest absolute Gasteiger partial charge is 0.573 e. The number of carboxylic acids is 1. The molecule has 35 heavy (non-hydrogen) atoms. The summed E-state index contributed by atoms with van der Waals surface area (Å²) in [7, 11) is 0. The zero-order chi connectivity index (χ0) is 26.0. The van der Waals surface area contributed by atoms with Crippen LogP contribution in [0.3, 0.4) is 0 Å². The van der Waals surface area contributed by atoms with E-state index in [4.69, 9.17) is 27.9 Å². The zero-order valence-electron chi connectivity index (χ0n) is 18.4. The monoisotopic (exact) mass is 546 g/mol. The average Bonchev–Trinajstić information content (AvgIpc) is 3.26. The Labute approximate surface area is 213 Å². The van der Waals surface area contributed by atoms with Gasteiger partial charge >= 0.3 is 12.3 Å². The van der Waals surface area contributed by atoms with Crippen LogP contribution in [0, 0.1) is 0 Å². The number of carbonyl (C=O) groups excluding carboxylic acids is 1. The SMILES string of the molecule is CC(C)(Oc1ccc(CCC(=O)c2ccc(-c3ccc(OC(F)(F)F)cc3)s2)c(Cl)c1Cl)C(=O)O. The van der Waals surface area contributed by atoms with Gasteiger partial charge in [-0.2, -0.15) is 0 Å². The Hall–Kier alpha value is -2.75. The van der Waals surface area contributed by atoms with Gasteiger partial charge in [-0.05, 0) is 73.9 Å². The van der Waals surface area contributed by atoms with Crippen LogP contribution >= 0.6 is 34.5 Å². The molecule has 11 heteroatoms. The van der Waals surface area contributed by atoms with E-state index in [9.17, 15) is 27.9 Å². The van der Waals surface area contributed by atoms with Crippen molar-refractivity contribution in [3.05, 3.63) is 69.0 Å². The Morgan fingerprint density at radius 2 is 1.60 bits per heavy atom. The number of Topliss-reactive ketones (excluding diaryl/α,β-unsaturated/α-hetero) is 1. The summed E-state index contributed by atoms with van der Waals surface area (Å²) in [4.78, 5) is 25.2. The summed E-state index contributed by atoms with van der Waals surface area (Å²) in [6, 6.07) is 11.9. The van der Waals surface area contributed by atoms with Crippen LogP contribution in [0.25, 0.3) is 10.4 Å². The highest BCUT2D eigenvalue weighted by molar-refractivity contribution is 7.17. The number of rotatable bonds is 9. The van der Waals surface area contributed by atoms with Crippen molar-refractivity contribution in [2.24, 2.45) is 0 Å². The molecule has 0 spiro atoms. The number of ether oxygens (including phenoxy) is 2. The van der Waals surface area contributed by atoms with Crippen molar-refractivity contribution in [3.63, 3.8) is 0 Å². The Bertz CT molecular complexity index is 1240. The standard InChI is InChI=1S/C24H19Cl2F3O5S/c1-23(2,22(31)32)34-17-10-6-14(20(25)21(17)26)5-9-16(30)19-12-11-18(35-19)13-3-7-15(8-4-13)33-24(27,28)29/h3-4,6-8,10-12H,5,9H2,1-2H3,(H,31,32). The molecular weight excluding hydrogens is 528 g/mol. The lowest BCUT2D eigenvalue weighted by molar-refractivity contribution is -0.274. The van der Waals surface area contributed by atoms with Crippen molar-refractivity contribution in [2.45, 2.75) is 38.7 Å². The minimum absolute atomic E-state index is 0.0577. The lowest BCUT2D eigenvalue weighted by Gasteiger charge is -2.23. The maximum absolute atomic E-state index is 12.7. The number of hydrogen-bond donors (Lipinski definition) is 1. The number of aliphatic carboxylic acids is 1. The van der Waals surface area contributed by atoms with Crippen molar-refractivity contribution in [1.82, 2.24) is 0 Å². The highest BCUT2D eigenvalue weighted by atomic mass is 35.5. The lowest BCUT2D eigenvalue weighted by atomic mass is 10.1. The van der Waals surface area contributed by atoms with Crippen LogP contribution in [-0.4, -0.2) is 28.8 Å². The number of hydrogen-bond acceptors (Lipinski definition) is 5. The molecule has 0 bridgehead atoms. The molecule has 0 aliphatic rings. The van der Waals surface area contributed by atoms with Crippen molar-refractivity contribution in [2.75, 3.05) is 0 Å². The molecule has 3 aromatic rings. The Kier molecular flexibility index (Phi) is 8.03. The van der Waals surface area contributed by atoms with Gasteiger partial charge in [0.15, 0.2) is 11.4 Å². The van der Waals surface area contributed by atoms with Crippen LogP contribution < -0.4 is 9.47 Å². The Balaban J connectivity index is 1.65. The van der Waals surface area contributed by atoms with Gasteiger partial charge in [-0.15, -0.1) is 24.5 Å². The summed E-state index contributed by atoms with van der Waals surface area (Å²) in [5.74, 6) is -1.51. The molecule has 1 aromatic heterocycles. The van der Waals surface area contributed by atoms with Gasteiger partial charge < -0.3 is 14.6 Å². The highest BCUT2D eigenvalue weighted by Gasteiger charge is 2.31. The minimum Gasteiger partial charge on any atom is -0.478 e. The molecule has 0 radical (unpaired) electrons. The third-order valence-corrected chi connectivity index (χ3v) is 6.96. The second-order valence-corrected chi connectivity index (χ2v) is 9.77. The summed E-state index contributed by atoms with van der Waals surface area (Å²) < 4.78 is 46.3. The van der Waals surface area contributed by atoms with Crippen molar-refractivity contribution in [1.29, 1.82) is 0 Å². The summed E-state index contributed by atoms with van der Waals surface area (Å²) >= 11 is 13.8. The van der Waals surface area contributed by atoms with Gasteiger partial charge in [-0.3, -0.25) is 4.79 Å². The van der Waals surface area contributed by atoms with Gasteiger partial charge in [-0.25, -0.2) is 4.79 Å². The van der Waals surface area contributed by atoms with E-state index in [-0.39, 0.29) is 40.2 Å². The maximum atomic E-state index is 12.7. The first-order valence-corrected chi connectivity index (χ1v) is 11.7. The smallest absolute Gasteiger partial charge is 0.478 e. The van der Waals surface area contributed by atoms with E-state index in [0.717, 1.165) is 4.88 Å². The molecule has 0 saturated heterocycles. The summed E-state index contributed by atoms with van der Waals surface area (Å²) in [5, 5.41) is 9.44. The van der Waals surface area contributed by atoms with Gasteiger partial charge in [0.2, 0.25) is 0 Å². The van der Waals surface area contributed by atoms with Crippen molar-refractivity contribution >= 4 is 46.3 Å². The molecule has 0 amide bonds. The van der Waals surface area contributed by atoms with Crippen molar-refractivity contribution < 1.29 is 37.3 Å². The Morgan fingerprint density at radius 3 is 2.20 bits per heavy atom. The van der Waals surface area contributed by atoms with Gasteiger partial charge in [0.25, 0.3) is 0 Å². The van der Waals surface area contributed by atoms with E-state index in [2.05, 4.69) is 4.74 Å². The molecule has 1 heterocycles. The van der Waals surface area contributed by atoms with Crippen LogP contribution in [0.4, 0.5) is 13.2 Å². The van der Waals surface area contributed by atoms with E-state index in [0.29, 0.717) is 16.0 Å². The van der Waals surface area contributed by atoms with Gasteiger partial charge in [0.1, 0.15) is 16.5 Å². The predicted octanol–water partition coefficient (Wildman–Crippen LogP) is 7.68. The lowest BCUT2D eigenvalue weighted by Crippen LogP contribution is -2.38. The number of benzene rings is 2. The van der Waals surface area contributed by atoms with Gasteiger partial charge in [-0.1, -0.05) is 29.3 Å². The second-order valence-electron chi connectivity index (χ2n) is 7.93. The molecule has 3 rings (SSSR count). The van der Waals surface area contributed by atoms with Gasteiger partial charge in [0, 0.05) is 11.3 Å². The van der Waals surface area contributed by atoms with Crippen molar-refractivity contribution in [3.8, 4) is 21.9 Å². The zero-order valence-corrected chi connectivity index (χ0v) is 20.7. The number of thiophene rings is 1. The molecule has 0 atom stereocenters. The molecule has 0 unspecified atom stereocenters.